The Hall–Kier alpha value is -0.120. The van der Waals surface area contributed by atoms with Crippen molar-refractivity contribution in [3.05, 3.63) is 0 Å². The lowest BCUT2D eigenvalue weighted by molar-refractivity contribution is -0.0228. The predicted molar refractivity (Wildman–Crippen MR) is 84.9 cm³/mol. The number of fused-ring (bicyclic) bond motifs is 1. The molecule has 3 fully saturated rings. The fourth-order valence-electron chi connectivity index (χ4n) is 5.25. The highest BCUT2D eigenvalue weighted by molar-refractivity contribution is 5.03. The molecule has 0 radical (unpaired) electrons. The number of likely N-dealkylation sites (N-methyl/N-ethyl adjacent to an activating group) is 1. The highest BCUT2D eigenvalue weighted by Gasteiger charge is 2.45. The van der Waals surface area contributed by atoms with Crippen molar-refractivity contribution >= 4 is 0 Å². The van der Waals surface area contributed by atoms with E-state index in [1.54, 1.807) is 0 Å². The van der Waals surface area contributed by atoms with Crippen LogP contribution in [-0.2, 0) is 0 Å². The Labute approximate surface area is 124 Å². The standard InChI is InChI=1S/C17H33N3/c1-2-20(15-7-4-3-5-8-15)17(14-18)10-12-19-11-6-9-16(19)13-17/h15-16H,2-14,18H2,1H3. The van der Waals surface area contributed by atoms with Crippen molar-refractivity contribution in [1.82, 2.24) is 9.80 Å². The van der Waals surface area contributed by atoms with E-state index in [-0.39, 0.29) is 0 Å². The smallest absolute Gasteiger partial charge is 0.0361 e. The third-order valence-electron chi connectivity index (χ3n) is 6.32. The molecule has 0 amide bonds. The predicted octanol–water partition coefficient (Wildman–Crippen LogP) is 2.60. The highest BCUT2D eigenvalue weighted by Crippen LogP contribution is 2.39. The van der Waals surface area contributed by atoms with Gasteiger partial charge in [-0.2, -0.15) is 0 Å². The first-order valence-electron chi connectivity index (χ1n) is 9.00. The second-order valence-corrected chi connectivity index (χ2v) is 7.29. The van der Waals surface area contributed by atoms with Crippen LogP contribution < -0.4 is 5.73 Å². The maximum absolute atomic E-state index is 6.34. The fraction of sp³-hybridized carbons (Fsp3) is 1.00. The Morgan fingerprint density at radius 3 is 2.60 bits per heavy atom. The average molecular weight is 279 g/mol. The molecular formula is C17H33N3. The molecule has 1 aliphatic carbocycles. The summed E-state index contributed by atoms with van der Waals surface area (Å²) in [7, 11) is 0. The second kappa shape index (κ2) is 6.33. The van der Waals surface area contributed by atoms with Gasteiger partial charge in [-0.3, -0.25) is 4.90 Å². The molecule has 2 aliphatic heterocycles. The first kappa shape index (κ1) is 14.8. The summed E-state index contributed by atoms with van der Waals surface area (Å²) in [5.41, 5.74) is 6.65. The minimum atomic E-state index is 0.308. The van der Waals surface area contributed by atoms with Crippen LogP contribution in [0.5, 0.6) is 0 Å². The van der Waals surface area contributed by atoms with E-state index in [2.05, 4.69) is 16.7 Å². The summed E-state index contributed by atoms with van der Waals surface area (Å²) >= 11 is 0. The molecule has 0 aromatic carbocycles. The molecule has 2 N–H and O–H groups in total. The summed E-state index contributed by atoms with van der Waals surface area (Å²) in [5, 5.41) is 0. The van der Waals surface area contributed by atoms with Gasteiger partial charge in [-0.1, -0.05) is 26.2 Å². The fourth-order valence-corrected chi connectivity index (χ4v) is 5.25. The normalized spacial score (nSPS) is 36.5. The van der Waals surface area contributed by atoms with E-state index in [9.17, 15) is 0 Å². The second-order valence-electron chi connectivity index (χ2n) is 7.29. The lowest BCUT2D eigenvalue weighted by Crippen LogP contribution is -2.63. The van der Waals surface area contributed by atoms with Gasteiger partial charge < -0.3 is 10.6 Å². The van der Waals surface area contributed by atoms with Crippen LogP contribution in [0.15, 0.2) is 0 Å². The van der Waals surface area contributed by atoms with Crippen LogP contribution in [0.4, 0.5) is 0 Å². The zero-order valence-electron chi connectivity index (χ0n) is 13.3. The maximum atomic E-state index is 6.34. The van der Waals surface area contributed by atoms with E-state index < -0.39 is 0 Å². The molecule has 0 spiro atoms. The van der Waals surface area contributed by atoms with Crippen LogP contribution in [-0.4, -0.2) is 53.6 Å². The van der Waals surface area contributed by atoms with E-state index in [1.165, 1.54) is 77.4 Å². The molecule has 116 valence electrons. The molecular weight excluding hydrogens is 246 g/mol. The lowest BCUT2D eigenvalue weighted by atomic mass is 9.79. The van der Waals surface area contributed by atoms with Gasteiger partial charge >= 0.3 is 0 Å². The van der Waals surface area contributed by atoms with E-state index in [0.717, 1.165) is 18.6 Å². The number of hydrogen-bond acceptors (Lipinski definition) is 3. The van der Waals surface area contributed by atoms with Crippen molar-refractivity contribution in [2.45, 2.75) is 82.3 Å². The molecule has 2 saturated heterocycles. The molecule has 3 rings (SSSR count). The monoisotopic (exact) mass is 279 g/mol. The largest absolute Gasteiger partial charge is 0.329 e. The summed E-state index contributed by atoms with van der Waals surface area (Å²) in [6.07, 6.45) is 12.5. The van der Waals surface area contributed by atoms with Gasteiger partial charge in [0.1, 0.15) is 0 Å². The maximum Gasteiger partial charge on any atom is 0.0361 e. The van der Waals surface area contributed by atoms with E-state index >= 15 is 0 Å². The molecule has 2 unspecified atom stereocenters. The van der Waals surface area contributed by atoms with Crippen molar-refractivity contribution in [3.8, 4) is 0 Å². The zero-order valence-corrected chi connectivity index (χ0v) is 13.3. The van der Waals surface area contributed by atoms with Crippen molar-refractivity contribution in [2.24, 2.45) is 5.73 Å². The Balaban J connectivity index is 1.75. The molecule has 0 aromatic rings. The minimum Gasteiger partial charge on any atom is -0.329 e. The number of nitrogens with two attached hydrogens (primary N) is 1. The Bertz CT molecular complexity index is 313. The zero-order chi connectivity index (χ0) is 14.0. The number of rotatable bonds is 4. The molecule has 1 saturated carbocycles. The minimum absolute atomic E-state index is 0.308. The summed E-state index contributed by atoms with van der Waals surface area (Å²) in [5.74, 6) is 0. The molecule has 0 bridgehead atoms. The molecule has 2 heterocycles. The van der Waals surface area contributed by atoms with Crippen LogP contribution in [0.2, 0.25) is 0 Å². The quantitative estimate of drug-likeness (QED) is 0.858. The van der Waals surface area contributed by atoms with Crippen LogP contribution >= 0.6 is 0 Å². The van der Waals surface area contributed by atoms with Gasteiger partial charge in [0, 0.05) is 30.7 Å². The Morgan fingerprint density at radius 1 is 1.10 bits per heavy atom. The number of piperidine rings is 1. The lowest BCUT2D eigenvalue weighted by Gasteiger charge is -2.53. The van der Waals surface area contributed by atoms with Crippen LogP contribution in [0.3, 0.4) is 0 Å². The summed E-state index contributed by atoms with van der Waals surface area (Å²) in [4.78, 5) is 5.56. The average Bonchev–Trinajstić information content (AvgIpc) is 2.96. The van der Waals surface area contributed by atoms with Gasteiger partial charge in [0.25, 0.3) is 0 Å². The SMILES string of the molecule is CCN(C1CCCCC1)C1(CN)CCN2CCCC2C1. The molecule has 3 aliphatic rings. The summed E-state index contributed by atoms with van der Waals surface area (Å²) in [6, 6.07) is 1.63. The third-order valence-corrected chi connectivity index (χ3v) is 6.32. The summed E-state index contributed by atoms with van der Waals surface area (Å²) < 4.78 is 0. The first-order valence-corrected chi connectivity index (χ1v) is 9.00. The highest BCUT2D eigenvalue weighted by atomic mass is 15.3. The van der Waals surface area contributed by atoms with Gasteiger partial charge in [-0.25, -0.2) is 0 Å². The van der Waals surface area contributed by atoms with Crippen molar-refractivity contribution in [3.63, 3.8) is 0 Å². The van der Waals surface area contributed by atoms with Crippen molar-refractivity contribution in [2.75, 3.05) is 26.2 Å². The molecule has 3 nitrogen and oxygen atoms in total. The van der Waals surface area contributed by atoms with E-state index in [4.69, 9.17) is 5.73 Å². The van der Waals surface area contributed by atoms with Gasteiger partial charge in [0.05, 0.1) is 0 Å². The van der Waals surface area contributed by atoms with E-state index in [0.29, 0.717) is 5.54 Å². The molecule has 3 heteroatoms. The number of hydrogen-bond donors (Lipinski definition) is 1. The van der Waals surface area contributed by atoms with Gasteiger partial charge in [-0.15, -0.1) is 0 Å². The van der Waals surface area contributed by atoms with Gasteiger partial charge in [0.2, 0.25) is 0 Å². The number of nitrogens with zero attached hydrogens (tertiary/aromatic N) is 2. The third kappa shape index (κ3) is 2.65. The van der Waals surface area contributed by atoms with Crippen LogP contribution in [0.1, 0.15) is 64.7 Å². The molecule has 0 aromatic heterocycles. The van der Waals surface area contributed by atoms with Gasteiger partial charge in [0.15, 0.2) is 0 Å². The van der Waals surface area contributed by atoms with E-state index in [1.807, 2.05) is 0 Å². The molecule has 2 atom stereocenters. The van der Waals surface area contributed by atoms with Crippen molar-refractivity contribution < 1.29 is 0 Å². The van der Waals surface area contributed by atoms with Crippen molar-refractivity contribution in [1.29, 1.82) is 0 Å². The topological polar surface area (TPSA) is 32.5 Å². The molecule has 20 heavy (non-hydrogen) atoms. The van der Waals surface area contributed by atoms with Crippen LogP contribution in [0.25, 0.3) is 0 Å². The summed E-state index contributed by atoms with van der Waals surface area (Å²) in [6.45, 7) is 7.02. The van der Waals surface area contributed by atoms with Gasteiger partial charge in [-0.05, 0) is 51.6 Å². The first-order chi connectivity index (χ1) is 9.79. The van der Waals surface area contributed by atoms with Crippen LogP contribution in [0, 0.1) is 0 Å². The Morgan fingerprint density at radius 2 is 1.90 bits per heavy atom. The Kier molecular flexibility index (Phi) is 4.68.